The van der Waals surface area contributed by atoms with Crippen molar-refractivity contribution >= 4 is 46.2 Å². The zero-order valence-electron chi connectivity index (χ0n) is 16.7. The SMILES string of the molecule is O=C(Nc1ccc(N2CCCC2=O)c(Cl)c1)c1cc([N+](=O)[O-])ccc1N1CCOCC1. The lowest BCUT2D eigenvalue weighted by Gasteiger charge is -2.30. The maximum Gasteiger partial charge on any atom is 0.270 e. The molecule has 9 nitrogen and oxygen atoms in total. The van der Waals surface area contributed by atoms with Gasteiger partial charge in [-0.2, -0.15) is 0 Å². The summed E-state index contributed by atoms with van der Waals surface area (Å²) in [4.78, 5) is 39.4. The van der Waals surface area contributed by atoms with Crippen LogP contribution >= 0.6 is 11.6 Å². The first-order chi connectivity index (χ1) is 14.9. The molecule has 2 amide bonds. The van der Waals surface area contributed by atoms with Gasteiger partial charge in [-0.15, -0.1) is 0 Å². The maximum absolute atomic E-state index is 13.1. The summed E-state index contributed by atoms with van der Waals surface area (Å²) in [6, 6.07) is 9.19. The van der Waals surface area contributed by atoms with E-state index < -0.39 is 10.8 Å². The second-order valence-corrected chi connectivity index (χ2v) is 7.73. The fourth-order valence-corrected chi connectivity index (χ4v) is 4.09. The molecule has 2 heterocycles. The molecule has 0 spiro atoms. The van der Waals surface area contributed by atoms with Gasteiger partial charge in [0.2, 0.25) is 5.91 Å². The van der Waals surface area contributed by atoms with E-state index in [2.05, 4.69) is 5.32 Å². The first kappa shape index (κ1) is 21.1. The van der Waals surface area contributed by atoms with Crippen LogP contribution in [0.15, 0.2) is 36.4 Å². The lowest BCUT2D eigenvalue weighted by Crippen LogP contribution is -2.37. The summed E-state index contributed by atoms with van der Waals surface area (Å²) >= 11 is 6.37. The Morgan fingerprint density at radius 3 is 2.48 bits per heavy atom. The maximum atomic E-state index is 13.1. The number of nitro groups is 1. The Morgan fingerprint density at radius 1 is 1.10 bits per heavy atom. The number of morpholine rings is 1. The number of hydrogen-bond acceptors (Lipinski definition) is 6. The molecule has 0 radical (unpaired) electrons. The van der Waals surface area contributed by atoms with Crippen molar-refractivity contribution in [3.63, 3.8) is 0 Å². The van der Waals surface area contributed by atoms with E-state index in [1.165, 1.54) is 12.1 Å². The lowest BCUT2D eigenvalue weighted by atomic mass is 10.1. The molecule has 31 heavy (non-hydrogen) atoms. The fraction of sp³-hybridized carbons (Fsp3) is 0.333. The zero-order chi connectivity index (χ0) is 22.0. The quantitative estimate of drug-likeness (QED) is 0.559. The minimum absolute atomic E-state index is 0.0189. The highest BCUT2D eigenvalue weighted by molar-refractivity contribution is 6.34. The number of halogens is 1. The summed E-state index contributed by atoms with van der Waals surface area (Å²) in [5.74, 6) is -0.461. The highest BCUT2D eigenvalue weighted by Crippen LogP contribution is 2.33. The van der Waals surface area contributed by atoms with Gasteiger partial charge in [-0.1, -0.05) is 11.6 Å². The van der Waals surface area contributed by atoms with E-state index in [4.69, 9.17) is 16.3 Å². The number of nitrogens with zero attached hydrogens (tertiary/aromatic N) is 3. The molecule has 2 fully saturated rings. The molecule has 2 aliphatic heterocycles. The van der Waals surface area contributed by atoms with Crippen molar-refractivity contribution in [3.05, 3.63) is 57.1 Å². The highest BCUT2D eigenvalue weighted by atomic mass is 35.5. The number of carbonyl (C=O) groups excluding carboxylic acids is 2. The minimum atomic E-state index is -0.529. The fourth-order valence-electron chi connectivity index (χ4n) is 3.80. The topological polar surface area (TPSA) is 105 Å². The Hall–Kier alpha value is -3.17. The lowest BCUT2D eigenvalue weighted by molar-refractivity contribution is -0.384. The molecule has 2 aliphatic rings. The average Bonchev–Trinajstić information content (AvgIpc) is 3.19. The van der Waals surface area contributed by atoms with Crippen LogP contribution in [0.2, 0.25) is 5.02 Å². The van der Waals surface area contributed by atoms with E-state index in [1.807, 2.05) is 4.90 Å². The zero-order valence-corrected chi connectivity index (χ0v) is 17.4. The number of non-ortho nitro benzene ring substituents is 1. The van der Waals surface area contributed by atoms with Crippen molar-refractivity contribution in [1.82, 2.24) is 0 Å². The number of benzene rings is 2. The normalized spacial score (nSPS) is 16.5. The number of ether oxygens (including phenoxy) is 1. The molecule has 0 atom stereocenters. The number of nitrogens with one attached hydrogen (secondary N) is 1. The molecule has 4 rings (SSSR count). The Morgan fingerprint density at radius 2 is 1.84 bits per heavy atom. The van der Waals surface area contributed by atoms with Crippen LogP contribution in [0.3, 0.4) is 0 Å². The summed E-state index contributed by atoms with van der Waals surface area (Å²) < 4.78 is 5.36. The van der Waals surface area contributed by atoms with Gasteiger partial charge in [-0.05, 0) is 30.7 Å². The predicted molar refractivity (Wildman–Crippen MR) is 117 cm³/mol. The summed E-state index contributed by atoms with van der Waals surface area (Å²) in [6.07, 6.45) is 1.27. The first-order valence-electron chi connectivity index (χ1n) is 9.96. The van der Waals surface area contributed by atoms with Gasteiger partial charge in [0.1, 0.15) is 0 Å². The van der Waals surface area contributed by atoms with Crippen LogP contribution in [0.4, 0.5) is 22.7 Å². The number of hydrogen-bond donors (Lipinski definition) is 1. The number of anilines is 3. The van der Waals surface area contributed by atoms with Gasteiger partial charge in [0.15, 0.2) is 0 Å². The third kappa shape index (κ3) is 4.47. The van der Waals surface area contributed by atoms with E-state index >= 15 is 0 Å². The van der Waals surface area contributed by atoms with Gasteiger partial charge < -0.3 is 19.9 Å². The van der Waals surface area contributed by atoms with Crippen LogP contribution in [0.1, 0.15) is 23.2 Å². The third-order valence-corrected chi connectivity index (χ3v) is 5.66. The van der Waals surface area contributed by atoms with Gasteiger partial charge in [-0.25, -0.2) is 0 Å². The van der Waals surface area contributed by atoms with Gasteiger partial charge in [0, 0.05) is 43.9 Å². The molecule has 0 bridgehead atoms. The van der Waals surface area contributed by atoms with Gasteiger partial charge in [0.05, 0.1) is 40.1 Å². The van der Waals surface area contributed by atoms with Crippen molar-refractivity contribution in [2.45, 2.75) is 12.8 Å². The average molecular weight is 445 g/mol. The Bertz CT molecular complexity index is 1040. The summed E-state index contributed by atoms with van der Waals surface area (Å²) in [5, 5.41) is 14.4. The third-order valence-electron chi connectivity index (χ3n) is 5.36. The monoisotopic (exact) mass is 444 g/mol. The minimum Gasteiger partial charge on any atom is -0.378 e. The first-order valence-corrected chi connectivity index (χ1v) is 10.3. The predicted octanol–water partition coefficient (Wildman–Crippen LogP) is 3.46. The molecule has 162 valence electrons. The van der Waals surface area contributed by atoms with Crippen LogP contribution in [0, 0.1) is 10.1 Å². The molecule has 1 N–H and O–H groups in total. The molecule has 2 aromatic carbocycles. The molecule has 0 unspecified atom stereocenters. The molecule has 0 saturated carbocycles. The van der Waals surface area contributed by atoms with E-state index in [-0.39, 0.29) is 17.2 Å². The molecule has 0 aliphatic carbocycles. The molecule has 2 aromatic rings. The van der Waals surface area contributed by atoms with Crippen molar-refractivity contribution in [2.24, 2.45) is 0 Å². The molecule has 10 heteroatoms. The largest absolute Gasteiger partial charge is 0.378 e. The standard InChI is InChI=1S/C21H21ClN4O5/c22-17-12-14(3-5-19(17)25-7-1-2-20(25)27)23-21(28)16-13-15(26(29)30)4-6-18(16)24-8-10-31-11-9-24/h3-6,12-13H,1-2,7-11H2,(H,23,28). The van der Waals surface area contributed by atoms with E-state index in [0.717, 1.165) is 6.42 Å². The molecule has 0 aromatic heterocycles. The Labute approximate surface area is 183 Å². The summed E-state index contributed by atoms with van der Waals surface area (Å²) in [6.45, 7) is 2.82. The van der Waals surface area contributed by atoms with Crippen molar-refractivity contribution < 1.29 is 19.2 Å². The second kappa shape index (κ2) is 8.91. The van der Waals surface area contributed by atoms with Gasteiger partial charge >= 0.3 is 0 Å². The number of nitro benzene ring substituents is 1. The highest BCUT2D eigenvalue weighted by Gasteiger charge is 2.25. The molecular formula is C21H21ClN4O5. The number of carbonyl (C=O) groups is 2. The molecule has 2 saturated heterocycles. The summed E-state index contributed by atoms with van der Waals surface area (Å²) in [7, 11) is 0. The van der Waals surface area contributed by atoms with Crippen molar-refractivity contribution in [2.75, 3.05) is 48.0 Å². The van der Waals surface area contributed by atoms with Gasteiger partial charge in [0.25, 0.3) is 11.6 Å². The number of rotatable bonds is 5. The number of amides is 2. The Kier molecular flexibility index (Phi) is 6.06. The van der Waals surface area contributed by atoms with E-state index in [0.29, 0.717) is 61.4 Å². The van der Waals surface area contributed by atoms with Crippen LogP contribution in [-0.4, -0.2) is 49.6 Å². The second-order valence-electron chi connectivity index (χ2n) is 7.33. The van der Waals surface area contributed by atoms with Crippen LogP contribution in [0.5, 0.6) is 0 Å². The van der Waals surface area contributed by atoms with E-state index in [9.17, 15) is 19.7 Å². The Balaban J connectivity index is 1.60. The molecular weight excluding hydrogens is 424 g/mol. The van der Waals surface area contributed by atoms with Crippen LogP contribution < -0.4 is 15.1 Å². The van der Waals surface area contributed by atoms with Crippen LogP contribution in [0.25, 0.3) is 0 Å². The van der Waals surface area contributed by atoms with Crippen molar-refractivity contribution in [1.29, 1.82) is 0 Å². The smallest absolute Gasteiger partial charge is 0.270 e. The van der Waals surface area contributed by atoms with Gasteiger partial charge in [-0.3, -0.25) is 19.7 Å². The van der Waals surface area contributed by atoms with E-state index in [1.54, 1.807) is 29.2 Å². The van der Waals surface area contributed by atoms with Crippen molar-refractivity contribution in [3.8, 4) is 0 Å². The van der Waals surface area contributed by atoms with Crippen LogP contribution in [-0.2, 0) is 9.53 Å². The summed E-state index contributed by atoms with van der Waals surface area (Å²) in [5.41, 5.74) is 1.68.